The fourth-order valence-corrected chi connectivity index (χ4v) is 3.78. The zero-order valence-electron chi connectivity index (χ0n) is 16.9. The van der Waals surface area contributed by atoms with Gasteiger partial charge in [0.2, 0.25) is 17.7 Å². The van der Waals surface area contributed by atoms with E-state index >= 15 is 0 Å². The molecule has 0 bridgehead atoms. The van der Waals surface area contributed by atoms with E-state index in [1.807, 2.05) is 38.1 Å². The summed E-state index contributed by atoms with van der Waals surface area (Å²) >= 11 is 0. The second-order valence-electron chi connectivity index (χ2n) is 7.38. The molecule has 29 heavy (non-hydrogen) atoms. The quantitative estimate of drug-likeness (QED) is 0.515. The van der Waals surface area contributed by atoms with Crippen LogP contribution in [0.5, 0.6) is 0 Å². The Morgan fingerprint density at radius 3 is 2.34 bits per heavy atom. The average Bonchev–Trinajstić information content (AvgIpc) is 2.96. The molecule has 158 valence electrons. The number of benzene rings is 1. The third-order valence-corrected chi connectivity index (χ3v) is 5.23. The largest absolute Gasteiger partial charge is 0.353 e. The molecule has 1 fully saturated rings. The van der Waals surface area contributed by atoms with Crippen molar-refractivity contribution in [3.8, 4) is 0 Å². The summed E-state index contributed by atoms with van der Waals surface area (Å²) < 4.78 is 10.8. The van der Waals surface area contributed by atoms with Gasteiger partial charge in [-0.2, -0.15) is 0 Å². The van der Waals surface area contributed by atoms with Crippen molar-refractivity contribution < 1.29 is 23.9 Å². The van der Waals surface area contributed by atoms with E-state index in [-0.39, 0.29) is 42.6 Å². The normalized spacial score (nSPS) is 22.6. The van der Waals surface area contributed by atoms with Crippen molar-refractivity contribution in [2.75, 3.05) is 18.5 Å². The van der Waals surface area contributed by atoms with Crippen LogP contribution in [0, 0.1) is 0 Å². The fraction of sp³-hybridized carbons (Fsp3) is 0.571. The molecule has 8 heteroatoms. The summed E-state index contributed by atoms with van der Waals surface area (Å²) in [7, 11) is 0. The van der Waals surface area contributed by atoms with E-state index in [0.29, 0.717) is 26.1 Å². The Bertz CT molecular complexity index is 742. The standard InChI is InChI=1S/C21H29N3O5/c1-3-28-20(29-4-2)12-19(26)23-14-9-13(10-14)22-18(25)11-16-15-7-5-6-8-17(15)24-21(16)27/h5-8,13-14,16,20H,3-4,9-12H2,1-2H3,(H,22,25)(H,23,26)(H,24,27). The molecule has 1 aliphatic carbocycles. The van der Waals surface area contributed by atoms with Gasteiger partial charge in [-0.05, 0) is 38.3 Å². The third kappa shape index (κ3) is 5.55. The molecule has 1 aromatic carbocycles. The zero-order chi connectivity index (χ0) is 20.8. The zero-order valence-corrected chi connectivity index (χ0v) is 16.9. The number of fused-ring (bicyclic) bond motifs is 1. The molecule has 1 unspecified atom stereocenters. The van der Waals surface area contributed by atoms with Crippen molar-refractivity contribution in [1.82, 2.24) is 10.6 Å². The molecular formula is C21H29N3O5. The number of rotatable bonds is 10. The van der Waals surface area contributed by atoms with Gasteiger partial charge in [0.1, 0.15) is 0 Å². The number of hydrogen-bond donors (Lipinski definition) is 3. The summed E-state index contributed by atoms with van der Waals surface area (Å²) in [6.45, 7) is 4.69. The molecule has 3 rings (SSSR count). The van der Waals surface area contributed by atoms with Gasteiger partial charge in [-0.25, -0.2) is 0 Å². The van der Waals surface area contributed by atoms with E-state index in [9.17, 15) is 14.4 Å². The second kappa shape index (κ2) is 9.84. The highest BCUT2D eigenvalue weighted by atomic mass is 16.7. The molecule has 3 N–H and O–H groups in total. The van der Waals surface area contributed by atoms with Crippen molar-refractivity contribution in [2.45, 2.75) is 63.8 Å². The predicted octanol–water partition coefficient (Wildman–Crippen LogP) is 1.66. The molecule has 0 spiro atoms. The van der Waals surface area contributed by atoms with Crippen molar-refractivity contribution in [3.63, 3.8) is 0 Å². The van der Waals surface area contributed by atoms with Crippen molar-refractivity contribution in [3.05, 3.63) is 29.8 Å². The molecule has 2 aliphatic rings. The number of carbonyl (C=O) groups excluding carboxylic acids is 3. The van der Waals surface area contributed by atoms with Crippen molar-refractivity contribution >= 4 is 23.4 Å². The summed E-state index contributed by atoms with van der Waals surface area (Å²) in [5.74, 6) is -0.857. The molecule has 0 radical (unpaired) electrons. The molecule has 1 heterocycles. The Balaban J connectivity index is 1.38. The van der Waals surface area contributed by atoms with Crippen LogP contribution < -0.4 is 16.0 Å². The maximum absolute atomic E-state index is 12.4. The topological polar surface area (TPSA) is 106 Å². The number of ether oxygens (including phenoxy) is 2. The predicted molar refractivity (Wildman–Crippen MR) is 107 cm³/mol. The fourth-order valence-electron chi connectivity index (χ4n) is 3.78. The number of anilines is 1. The van der Waals surface area contributed by atoms with Crippen LogP contribution in [0.1, 0.15) is 51.0 Å². The maximum Gasteiger partial charge on any atom is 0.232 e. The first-order valence-electron chi connectivity index (χ1n) is 10.2. The average molecular weight is 403 g/mol. The summed E-state index contributed by atoms with van der Waals surface area (Å²) in [6.07, 6.45) is 1.12. The molecule has 8 nitrogen and oxygen atoms in total. The number of hydrogen-bond acceptors (Lipinski definition) is 5. The highest BCUT2D eigenvalue weighted by Crippen LogP contribution is 2.34. The van der Waals surface area contributed by atoms with Crippen molar-refractivity contribution in [2.24, 2.45) is 0 Å². The molecule has 0 saturated heterocycles. The van der Waals surface area contributed by atoms with Gasteiger partial charge < -0.3 is 25.4 Å². The lowest BCUT2D eigenvalue weighted by molar-refractivity contribution is -0.154. The van der Waals surface area contributed by atoms with Gasteiger partial charge in [-0.15, -0.1) is 0 Å². The summed E-state index contributed by atoms with van der Waals surface area (Å²) in [5, 5.41) is 8.71. The van der Waals surface area contributed by atoms with Gasteiger partial charge >= 0.3 is 0 Å². The molecule has 1 atom stereocenters. The first kappa shape index (κ1) is 21.3. The van der Waals surface area contributed by atoms with E-state index in [4.69, 9.17) is 9.47 Å². The van der Waals surface area contributed by atoms with E-state index in [2.05, 4.69) is 16.0 Å². The molecule has 1 aromatic rings. The number of amides is 3. The van der Waals surface area contributed by atoms with Crippen LogP contribution >= 0.6 is 0 Å². The Morgan fingerprint density at radius 2 is 1.69 bits per heavy atom. The Labute approximate surface area is 170 Å². The van der Waals surface area contributed by atoms with Crippen LogP contribution in [0.2, 0.25) is 0 Å². The van der Waals surface area contributed by atoms with Crippen LogP contribution in [0.15, 0.2) is 24.3 Å². The third-order valence-electron chi connectivity index (χ3n) is 5.23. The first-order chi connectivity index (χ1) is 14.0. The van der Waals surface area contributed by atoms with Gasteiger partial charge in [0.25, 0.3) is 0 Å². The molecule has 3 amide bonds. The van der Waals surface area contributed by atoms with Crippen LogP contribution in [0.4, 0.5) is 5.69 Å². The maximum atomic E-state index is 12.4. The Kier molecular flexibility index (Phi) is 7.22. The van der Waals surface area contributed by atoms with E-state index < -0.39 is 12.2 Å². The lowest BCUT2D eigenvalue weighted by atomic mass is 9.86. The molecule has 1 aliphatic heterocycles. The van der Waals surface area contributed by atoms with Crippen LogP contribution in [-0.2, 0) is 23.9 Å². The van der Waals surface area contributed by atoms with Gasteiger partial charge in [0.05, 0.1) is 12.3 Å². The summed E-state index contributed by atoms with van der Waals surface area (Å²) in [6, 6.07) is 7.48. The van der Waals surface area contributed by atoms with Gasteiger partial charge in [-0.3, -0.25) is 14.4 Å². The summed E-state index contributed by atoms with van der Waals surface area (Å²) in [5.41, 5.74) is 1.64. The lowest BCUT2D eigenvalue weighted by Gasteiger charge is -2.36. The Morgan fingerprint density at radius 1 is 1.07 bits per heavy atom. The van der Waals surface area contributed by atoms with Gasteiger partial charge in [-0.1, -0.05) is 18.2 Å². The number of carbonyl (C=O) groups is 3. The van der Waals surface area contributed by atoms with Crippen LogP contribution in [0.25, 0.3) is 0 Å². The van der Waals surface area contributed by atoms with E-state index in [0.717, 1.165) is 11.3 Å². The minimum Gasteiger partial charge on any atom is -0.353 e. The highest BCUT2D eigenvalue weighted by Gasteiger charge is 2.35. The van der Waals surface area contributed by atoms with E-state index in [1.54, 1.807) is 0 Å². The highest BCUT2D eigenvalue weighted by molar-refractivity contribution is 6.04. The SMILES string of the molecule is CCOC(CC(=O)NC1CC(NC(=O)CC2C(=O)Nc3ccccc32)C1)OCC. The number of nitrogens with one attached hydrogen (secondary N) is 3. The van der Waals surface area contributed by atoms with Gasteiger partial charge in [0, 0.05) is 37.4 Å². The summed E-state index contributed by atoms with van der Waals surface area (Å²) in [4.78, 5) is 36.6. The number of para-hydroxylation sites is 1. The minimum absolute atomic E-state index is 0.0158. The molecule has 0 aromatic heterocycles. The van der Waals surface area contributed by atoms with Crippen molar-refractivity contribution in [1.29, 1.82) is 0 Å². The van der Waals surface area contributed by atoms with Crippen LogP contribution in [-0.4, -0.2) is 49.3 Å². The smallest absolute Gasteiger partial charge is 0.232 e. The Hall–Kier alpha value is -2.45. The monoisotopic (exact) mass is 403 g/mol. The minimum atomic E-state index is -0.527. The lowest BCUT2D eigenvalue weighted by Crippen LogP contribution is -2.54. The van der Waals surface area contributed by atoms with E-state index in [1.165, 1.54) is 0 Å². The van der Waals surface area contributed by atoms with Crippen LogP contribution in [0.3, 0.4) is 0 Å². The second-order valence-corrected chi connectivity index (χ2v) is 7.38. The molecule has 1 saturated carbocycles. The first-order valence-corrected chi connectivity index (χ1v) is 10.2. The van der Waals surface area contributed by atoms with Gasteiger partial charge in [0.15, 0.2) is 6.29 Å². The molecular weight excluding hydrogens is 374 g/mol.